The summed E-state index contributed by atoms with van der Waals surface area (Å²) in [4.78, 5) is 26.1. The number of aryl methyl sites for hydroxylation is 2. The number of carbonyl (C=O) groups excluding carboxylic acids is 2. The number of hydrogen-bond donors (Lipinski definition) is 2. The summed E-state index contributed by atoms with van der Waals surface area (Å²) in [5.74, 6) is -0.887. The van der Waals surface area contributed by atoms with E-state index < -0.39 is 18.7 Å². The molecule has 2 aromatic rings. The number of hydrazine groups is 1. The molecule has 1 aliphatic rings. The molecule has 1 aliphatic carbocycles. The lowest BCUT2D eigenvalue weighted by Crippen LogP contribution is -2.41. The number of nitrogens with one attached hydrogen (secondary N) is 2. The van der Waals surface area contributed by atoms with Crippen molar-refractivity contribution < 1.29 is 27.5 Å². The zero-order valence-corrected chi connectivity index (χ0v) is 15.7. The lowest BCUT2D eigenvalue weighted by atomic mass is 9.99. The average molecular weight is 412 g/mol. The Balaban J connectivity index is 1.49. The van der Waals surface area contributed by atoms with Gasteiger partial charge in [-0.1, -0.05) is 12.1 Å². The van der Waals surface area contributed by atoms with Crippen LogP contribution in [0, 0.1) is 0 Å². The Hall–Kier alpha value is -2.39. The largest absolute Gasteiger partial charge is 0.411 e. The van der Waals surface area contributed by atoms with Gasteiger partial charge in [-0.2, -0.15) is 13.2 Å². The van der Waals surface area contributed by atoms with Gasteiger partial charge in [0.2, 0.25) is 0 Å². The van der Waals surface area contributed by atoms with E-state index in [0.29, 0.717) is 10.4 Å². The van der Waals surface area contributed by atoms with E-state index in [1.807, 2.05) is 6.07 Å². The van der Waals surface area contributed by atoms with Gasteiger partial charge in [-0.15, -0.1) is 11.3 Å². The first-order chi connectivity index (χ1) is 13.3. The number of benzene rings is 1. The van der Waals surface area contributed by atoms with E-state index >= 15 is 0 Å². The molecule has 0 bridgehead atoms. The van der Waals surface area contributed by atoms with Gasteiger partial charge in [-0.25, -0.2) is 0 Å². The summed E-state index contributed by atoms with van der Waals surface area (Å²) in [6, 6.07) is 7.78. The monoisotopic (exact) mass is 412 g/mol. The van der Waals surface area contributed by atoms with E-state index in [1.54, 1.807) is 0 Å². The van der Waals surface area contributed by atoms with Gasteiger partial charge in [0.1, 0.15) is 6.61 Å². The molecule has 0 saturated carbocycles. The fourth-order valence-corrected chi connectivity index (χ4v) is 4.04. The van der Waals surface area contributed by atoms with Crippen molar-refractivity contribution in [1.82, 2.24) is 10.9 Å². The molecule has 0 unspecified atom stereocenters. The lowest BCUT2D eigenvalue weighted by molar-refractivity contribution is -0.176. The van der Waals surface area contributed by atoms with Crippen LogP contribution in [0.5, 0.6) is 0 Å². The number of hydrogen-bond acceptors (Lipinski definition) is 4. The Bertz CT molecular complexity index is 824. The second kappa shape index (κ2) is 8.74. The van der Waals surface area contributed by atoms with Crippen LogP contribution in [0.4, 0.5) is 13.2 Å². The molecule has 0 fully saturated rings. The highest BCUT2D eigenvalue weighted by Gasteiger charge is 2.27. The molecule has 0 saturated heterocycles. The Morgan fingerprint density at radius 1 is 1.04 bits per heavy atom. The summed E-state index contributed by atoms with van der Waals surface area (Å²) < 4.78 is 40.7. The van der Waals surface area contributed by atoms with Crippen molar-refractivity contribution in [3.05, 3.63) is 56.8 Å². The van der Waals surface area contributed by atoms with E-state index in [0.717, 1.165) is 25.7 Å². The summed E-state index contributed by atoms with van der Waals surface area (Å²) in [6.45, 7) is -1.53. The standard InChI is InChI=1S/C19H19F3N2O3S/c20-19(21,22)11-27-10-12-5-7-13(8-6-12)17(25)23-24-18(26)16-9-14-3-1-2-4-15(14)28-16/h5-9H,1-4,10-11H2,(H,23,25)(H,24,26). The Kier molecular flexibility index (Phi) is 6.35. The van der Waals surface area contributed by atoms with Crippen molar-refractivity contribution in [3.63, 3.8) is 0 Å². The smallest absolute Gasteiger partial charge is 0.367 e. The zero-order chi connectivity index (χ0) is 20.1. The van der Waals surface area contributed by atoms with Crippen LogP contribution in [0.25, 0.3) is 0 Å². The fourth-order valence-electron chi connectivity index (χ4n) is 2.89. The molecule has 28 heavy (non-hydrogen) atoms. The highest BCUT2D eigenvalue weighted by Crippen LogP contribution is 2.29. The van der Waals surface area contributed by atoms with E-state index in [9.17, 15) is 22.8 Å². The minimum absolute atomic E-state index is 0.207. The molecule has 1 aromatic heterocycles. The number of alkyl halides is 3. The molecule has 1 aromatic carbocycles. The predicted molar refractivity (Wildman–Crippen MR) is 98.0 cm³/mol. The van der Waals surface area contributed by atoms with Gasteiger partial charge in [0.05, 0.1) is 11.5 Å². The summed E-state index contributed by atoms with van der Waals surface area (Å²) in [7, 11) is 0. The molecule has 5 nitrogen and oxygen atoms in total. The van der Waals surface area contributed by atoms with Gasteiger partial charge in [-0.05, 0) is 55.0 Å². The number of rotatable bonds is 5. The number of halogens is 3. The third kappa shape index (κ3) is 5.56. The van der Waals surface area contributed by atoms with Crippen LogP contribution in [0.2, 0.25) is 0 Å². The molecule has 1 heterocycles. The Labute approximate surface area is 163 Å². The summed E-state index contributed by atoms with van der Waals surface area (Å²) in [5.41, 5.74) is 6.72. The normalized spacial score (nSPS) is 13.7. The molecule has 2 N–H and O–H groups in total. The van der Waals surface area contributed by atoms with Crippen molar-refractivity contribution >= 4 is 23.2 Å². The fraction of sp³-hybridized carbons (Fsp3) is 0.368. The van der Waals surface area contributed by atoms with Crippen LogP contribution < -0.4 is 10.9 Å². The lowest BCUT2D eigenvalue weighted by Gasteiger charge is -2.09. The first-order valence-corrected chi connectivity index (χ1v) is 9.59. The third-order valence-electron chi connectivity index (χ3n) is 4.26. The maximum atomic E-state index is 12.2. The molecular formula is C19H19F3N2O3S. The molecule has 0 aliphatic heterocycles. The first kappa shape index (κ1) is 20.3. The van der Waals surface area contributed by atoms with Crippen LogP contribution in [-0.2, 0) is 24.2 Å². The van der Waals surface area contributed by atoms with E-state index in [2.05, 4.69) is 15.6 Å². The summed E-state index contributed by atoms with van der Waals surface area (Å²) in [6.07, 6.45) is -0.162. The minimum Gasteiger partial charge on any atom is -0.367 e. The maximum absolute atomic E-state index is 12.2. The second-order valence-corrected chi connectivity index (χ2v) is 7.62. The van der Waals surface area contributed by atoms with Crippen molar-refractivity contribution in [2.24, 2.45) is 0 Å². The average Bonchev–Trinajstić information content (AvgIpc) is 3.10. The van der Waals surface area contributed by atoms with E-state index in [-0.39, 0.29) is 18.1 Å². The van der Waals surface area contributed by atoms with Crippen LogP contribution in [-0.4, -0.2) is 24.6 Å². The van der Waals surface area contributed by atoms with E-state index in [4.69, 9.17) is 0 Å². The number of carbonyl (C=O) groups is 2. The molecule has 0 radical (unpaired) electrons. The van der Waals surface area contributed by atoms with Crippen molar-refractivity contribution in [3.8, 4) is 0 Å². The molecule has 0 spiro atoms. The number of ether oxygens (including phenoxy) is 1. The number of amides is 2. The minimum atomic E-state index is -4.38. The highest BCUT2D eigenvalue weighted by atomic mass is 32.1. The third-order valence-corrected chi connectivity index (χ3v) is 5.50. The van der Waals surface area contributed by atoms with Gasteiger partial charge in [0.15, 0.2) is 0 Å². The van der Waals surface area contributed by atoms with Crippen molar-refractivity contribution in [1.29, 1.82) is 0 Å². The van der Waals surface area contributed by atoms with Crippen LogP contribution in [0.15, 0.2) is 30.3 Å². The van der Waals surface area contributed by atoms with Gasteiger partial charge < -0.3 is 4.74 Å². The second-order valence-electron chi connectivity index (χ2n) is 6.48. The molecule has 9 heteroatoms. The van der Waals surface area contributed by atoms with Crippen molar-refractivity contribution in [2.45, 2.75) is 38.5 Å². The zero-order valence-electron chi connectivity index (χ0n) is 14.9. The number of thiophene rings is 1. The van der Waals surface area contributed by atoms with Crippen LogP contribution in [0.3, 0.4) is 0 Å². The summed E-state index contributed by atoms with van der Waals surface area (Å²) in [5, 5.41) is 0. The van der Waals surface area contributed by atoms with Crippen LogP contribution in [0.1, 0.15) is 48.9 Å². The molecule has 3 rings (SSSR count). The SMILES string of the molecule is O=C(NNC(=O)c1cc2c(s1)CCCC2)c1ccc(COCC(F)(F)F)cc1. The first-order valence-electron chi connectivity index (χ1n) is 8.77. The molecule has 150 valence electrons. The predicted octanol–water partition coefficient (Wildman–Crippen LogP) is 3.78. The highest BCUT2D eigenvalue weighted by molar-refractivity contribution is 7.14. The Morgan fingerprint density at radius 2 is 1.71 bits per heavy atom. The Morgan fingerprint density at radius 3 is 2.39 bits per heavy atom. The molecule has 0 atom stereocenters. The van der Waals surface area contributed by atoms with Crippen LogP contribution >= 0.6 is 11.3 Å². The summed E-state index contributed by atoms with van der Waals surface area (Å²) >= 11 is 1.44. The van der Waals surface area contributed by atoms with E-state index in [1.165, 1.54) is 46.0 Å². The topological polar surface area (TPSA) is 67.4 Å². The van der Waals surface area contributed by atoms with Gasteiger partial charge in [0.25, 0.3) is 11.8 Å². The molecular weight excluding hydrogens is 393 g/mol. The maximum Gasteiger partial charge on any atom is 0.411 e. The molecule has 2 amide bonds. The van der Waals surface area contributed by atoms with Gasteiger partial charge in [-0.3, -0.25) is 20.4 Å². The van der Waals surface area contributed by atoms with Crippen molar-refractivity contribution in [2.75, 3.05) is 6.61 Å². The van der Waals surface area contributed by atoms with Gasteiger partial charge in [0, 0.05) is 10.4 Å². The number of fused-ring (bicyclic) bond motifs is 1. The quantitative estimate of drug-likeness (QED) is 0.735. The van der Waals surface area contributed by atoms with Gasteiger partial charge >= 0.3 is 6.18 Å².